The van der Waals surface area contributed by atoms with E-state index in [1.807, 2.05) is 0 Å². The standard InChI is InChI=1S/C47H38/c1-29(2)24-36-26-43-41-23-21-35(38-15-9-12-30-10-5-7-13-37(30)38)27-44(41)47(3,4)45(43)28-42(36)34-20-22-40-33(25-34)19-18-32-17-16-31-11-6-8-14-39(31)46(32)40/h5-23,25-29H,24H2,1-4H3. The highest BCUT2D eigenvalue weighted by Crippen LogP contribution is 2.52. The van der Waals surface area contributed by atoms with Crippen molar-refractivity contribution < 1.29 is 0 Å². The molecule has 8 aromatic rings. The van der Waals surface area contributed by atoms with Crippen molar-refractivity contribution >= 4 is 43.1 Å². The highest BCUT2D eigenvalue weighted by Gasteiger charge is 2.36. The minimum absolute atomic E-state index is 0.109. The van der Waals surface area contributed by atoms with Crippen molar-refractivity contribution in [3.8, 4) is 33.4 Å². The molecule has 0 bridgehead atoms. The molecule has 0 unspecified atom stereocenters. The quantitative estimate of drug-likeness (QED) is 0.176. The third-order valence-corrected chi connectivity index (χ3v) is 10.7. The Balaban J connectivity index is 1.21. The predicted molar refractivity (Wildman–Crippen MR) is 203 cm³/mol. The van der Waals surface area contributed by atoms with Gasteiger partial charge in [-0.25, -0.2) is 0 Å². The highest BCUT2D eigenvalue weighted by molar-refractivity contribution is 6.20. The van der Waals surface area contributed by atoms with Crippen LogP contribution in [0.3, 0.4) is 0 Å². The summed E-state index contributed by atoms with van der Waals surface area (Å²) in [6.45, 7) is 9.49. The molecule has 0 fully saturated rings. The summed E-state index contributed by atoms with van der Waals surface area (Å²) in [5, 5.41) is 10.5. The lowest BCUT2D eigenvalue weighted by Gasteiger charge is -2.24. The second kappa shape index (κ2) is 10.4. The summed E-state index contributed by atoms with van der Waals surface area (Å²) < 4.78 is 0. The number of hydrogen-bond donors (Lipinski definition) is 0. The van der Waals surface area contributed by atoms with Crippen LogP contribution in [0, 0.1) is 5.92 Å². The number of fused-ring (bicyclic) bond motifs is 9. The van der Waals surface area contributed by atoms with Crippen LogP contribution in [-0.4, -0.2) is 0 Å². The van der Waals surface area contributed by atoms with Crippen LogP contribution in [0.1, 0.15) is 44.4 Å². The molecule has 0 atom stereocenters. The molecule has 8 aromatic carbocycles. The Labute approximate surface area is 277 Å². The molecule has 0 aromatic heterocycles. The van der Waals surface area contributed by atoms with Crippen molar-refractivity contribution in [2.24, 2.45) is 5.92 Å². The first-order valence-corrected chi connectivity index (χ1v) is 17.0. The van der Waals surface area contributed by atoms with Crippen LogP contribution in [0.15, 0.2) is 140 Å². The lowest BCUT2D eigenvalue weighted by atomic mass is 9.79. The van der Waals surface area contributed by atoms with Crippen LogP contribution in [0.4, 0.5) is 0 Å². The average molecular weight is 603 g/mol. The lowest BCUT2D eigenvalue weighted by molar-refractivity contribution is 0.645. The van der Waals surface area contributed by atoms with Gasteiger partial charge in [-0.2, -0.15) is 0 Å². The fraction of sp³-hybridized carbons (Fsp3) is 0.149. The van der Waals surface area contributed by atoms with Crippen LogP contribution >= 0.6 is 0 Å². The molecule has 0 radical (unpaired) electrons. The zero-order valence-corrected chi connectivity index (χ0v) is 27.6. The van der Waals surface area contributed by atoms with Crippen molar-refractivity contribution in [2.75, 3.05) is 0 Å². The van der Waals surface area contributed by atoms with Gasteiger partial charge in [0.05, 0.1) is 0 Å². The third-order valence-electron chi connectivity index (χ3n) is 10.7. The molecule has 0 saturated heterocycles. The smallest absolute Gasteiger partial charge is 0.0159 e. The van der Waals surface area contributed by atoms with Gasteiger partial charge in [-0.3, -0.25) is 0 Å². The molecule has 47 heavy (non-hydrogen) atoms. The second-order valence-electron chi connectivity index (χ2n) is 14.5. The van der Waals surface area contributed by atoms with Crippen molar-refractivity contribution in [3.05, 3.63) is 156 Å². The first kappa shape index (κ1) is 28.1. The Hall–Kier alpha value is -5.20. The second-order valence-corrected chi connectivity index (χ2v) is 14.5. The predicted octanol–water partition coefficient (Wildman–Crippen LogP) is 13.1. The van der Waals surface area contributed by atoms with E-state index in [1.54, 1.807) is 0 Å². The van der Waals surface area contributed by atoms with E-state index in [2.05, 4.69) is 167 Å². The molecule has 0 aliphatic heterocycles. The van der Waals surface area contributed by atoms with E-state index < -0.39 is 0 Å². The van der Waals surface area contributed by atoms with Crippen LogP contribution in [0.25, 0.3) is 76.5 Å². The molecular formula is C47H38. The molecule has 0 nitrogen and oxygen atoms in total. The Morgan fingerprint density at radius 2 is 1.06 bits per heavy atom. The molecule has 0 spiro atoms. The molecule has 1 aliphatic rings. The molecule has 226 valence electrons. The van der Waals surface area contributed by atoms with Gasteiger partial charge in [0.15, 0.2) is 0 Å². The Kier molecular flexibility index (Phi) is 6.21. The molecule has 9 rings (SSSR count). The maximum absolute atomic E-state index is 2.53. The summed E-state index contributed by atoms with van der Waals surface area (Å²) in [5.74, 6) is 0.560. The number of hydrogen-bond acceptors (Lipinski definition) is 0. The topological polar surface area (TPSA) is 0 Å². The summed E-state index contributed by atoms with van der Waals surface area (Å²) >= 11 is 0. The maximum atomic E-state index is 2.53. The van der Waals surface area contributed by atoms with Gasteiger partial charge in [0.25, 0.3) is 0 Å². The first-order valence-electron chi connectivity index (χ1n) is 17.0. The fourth-order valence-corrected chi connectivity index (χ4v) is 8.35. The van der Waals surface area contributed by atoms with E-state index in [0.29, 0.717) is 5.92 Å². The molecule has 0 saturated carbocycles. The van der Waals surface area contributed by atoms with Gasteiger partial charge in [-0.15, -0.1) is 0 Å². The average Bonchev–Trinajstić information content (AvgIpc) is 3.31. The molecule has 0 heteroatoms. The van der Waals surface area contributed by atoms with Crippen LogP contribution in [0.5, 0.6) is 0 Å². The van der Waals surface area contributed by atoms with Gasteiger partial charge in [0.1, 0.15) is 0 Å². The van der Waals surface area contributed by atoms with Gasteiger partial charge < -0.3 is 0 Å². The summed E-state index contributed by atoms with van der Waals surface area (Å²) in [6, 6.07) is 52.6. The summed E-state index contributed by atoms with van der Waals surface area (Å²) in [5.41, 5.74) is 12.2. The van der Waals surface area contributed by atoms with Gasteiger partial charge in [-0.1, -0.05) is 149 Å². The Morgan fingerprint density at radius 1 is 0.447 bits per heavy atom. The number of rotatable bonds is 4. The van der Waals surface area contributed by atoms with Crippen molar-refractivity contribution in [1.29, 1.82) is 0 Å². The van der Waals surface area contributed by atoms with E-state index in [1.165, 1.54) is 93.2 Å². The Morgan fingerprint density at radius 3 is 1.87 bits per heavy atom. The minimum Gasteiger partial charge on any atom is -0.0625 e. The van der Waals surface area contributed by atoms with E-state index in [9.17, 15) is 0 Å². The summed E-state index contributed by atoms with van der Waals surface area (Å²) in [4.78, 5) is 0. The van der Waals surface area contributed by atoms with Crippen molar-refractivity contribution in [1.82, 2.24) is 0 Å². The zero-order valence-electron chi connectivity index (χ0n) is 27.6. The Bertz CT molecular complexity index is 2540. The monoisotopic (exact) mass is 602 g/mol. The third kappa shape index (κ3) is 4.35. The van der Waals surface area contributed by atoms with Crippen molar-refractivity contribution in [3.63, 3.8) is 0 Å². The SMILES string of the molecule is CC(C)Cc1cc2c(cc1-c1ccc3c(ccc4ccc5ccccc5c43)c1)C(C)(C)c1cc(-c3cccc4ccccc34)ccc1-2. The maximum Gasteiger partial charge on any atom is 0.0159 e. The highest BCUT2D eigenvalue weighted by atomic mass is 14.4. The molecule has 1 aliphatic carbocycles. The fourth-order valence-electron chi connectivity index (χ4n) is 8.35. The van der Waals surface area contributed by atoms with E-state index >= 15 is 0 Å². The first-order chi connectivity index (χ1) is 22.9. The van der Waals surface area contributed by atoms with E-state index in [0.717, 1.165) is 6.42 Å². The largest absolute Gasteiger partial charge is 0.0625 e. The van der Waals surface area contributed by atoms with Crippen LogP contribution < -0.4 is 0 Å². The minimum atomic E-state index is -0.109. The van der Waals surface area contributed by atoms with Crippen LogP contribution in [-0.2, 0) is 11.8 Å². The van der Waals surface area contributed by atoms with Crippen LogP contribution in [0.2, 0.25) is 0 Å². The molecule has 0 N–H and O–H groups in total. The number of benzene rings is 8. The summed E-state index contributed by atoms with van der Waals surface area (Å²) in [6.07, 6.45) is 1.05. The molecular weight excluding hydrogens is 565 g/mol. The molecule has 0 heterocycles. The normalized spacial score (nSPS) is 13.6. The van der Waals surface area contributed by atoms with Gasteiger partial charge in [-0.05, 0) is 124 Å². The van der Waals surface area contributed by atoms with E-state index in [-0.39, 0.29) is 5.41 Å². The zero-order chi connectivity index (χ0) is 31.9. The van der Waals surface area contributed by atoms with Gasteiger partial charge in [0, 0.05) is 5.41 Å². The molecule has 0 amide bonds. The summed E-state index contributed by atoms with van der Waals surface area (Å²) in [7, 11) is 0. The lowest BCUT2D eigenvalue weighted by Crippen LogP contribution is -2.15. The van der Waals surface area contributed by atoms with Crippen molar-refractivity contribution in [2.45, 2.75) is 39.5 Å². The van der Waals surface area contributed by atoms with Gasteiger partial charge >= 0.3 is 0 Å². The van der Waals surface area contributed by atoms with E-state index in [4.69, 9.17) is 0 Å². The van der Waals surface area contributed by atoms with Gasteiger partial charge in [0.2, 0.25) is 0 Å².